The highest BCUT2D eigenvalue weighted by molar-refractivity contribution is 5.92. The van der Waals surface area contributed by atoms with E-state index in [4.69, 9.17) is 5.73 Å². The average Bonchev–Trinajstić information content (AvgIpc) is 2.47. The predicted molar refractivity (Wildman–Crippen MR) is 78.9 cm³/mol. The molecule has 3 N–H and O–H groups in total. The molecule has 1 aromatic carbocycles. The van der Waals surface area contributed by atoms with Gasteiger partial charge in [0.05, 0.1) is 13.0 Å². The largest absolute Gasteiger partial charge is 0.326 e. The summed E-state index contributed by atoms with van der Waals surface area (Å²) in [6, 6.07) is 12.8. The number of hydrogen-bond acceptors (Lipinski definition) is 3. The van der Waals surface area contributed by atoms with E-state index in [9.17, 15) is 4.79 Å². The van der Waals surface area contributed by atoms with E-state index in [0.29, 0.717) is 6.54 Å². The number of nitrogens with one attached hydrogen (secondary N) is 1. The Morgan fingerprint density at radius 2 is 2.00 bits per heavy atom. The van der Waals surface area contributed by atoms with Gasteiger partial charge in [-0.15, -0.1) is 0 Å². The molecule has 2 rings (SSSR count). The Balaban J connectivity index is 1.94. The van der Waals surface area contributed by atoms with Crippen LogP contribution in [0.25, 0.3) is 0 Å². The highest BCUT2D eigenvalue weighted by Crippen LogP contribution is 2.09. The summed E-state index contributed by atoms with van der Waals surface area (Å²) < 4.78 is 0. The maximum absolute atomic E-state index is 11.8. The van der Waals surface area contributed by atoms with E-state index in [2.05, 4.69) is 22.1 Å². The zero-order chi connectivity index (χ0) is 14.2. The molecule has 0 fully saturated rings. The second kappa shape index (κ2) is 7.07. The Bertz CT molecular complexity index is 624. The lowest BCUT2D eigenvalue weighted by atomic mass is 10.2. The summed E-state index contributed by atoms with van der Waals surface area (Å²) in [7, 11) is 0. The van der Waals surface area contributed by atoms with Gasteiger partial charge < -0.3 is 11.1 Å². The molecule has 0 spiro atoms. The number of carbonyl (C=O) groups excluding carboxylic acids is 1. The summed E-state index contributed by atoms with van der Waals surface area (Å²) in [5.74, 6) is 5.61. The Morgan fingerprint density at radius 3 is 2.65 bits per heavy atom. The summed E-state index contributed by atoms with van der Waals surface area (Å²) in [6.07, 6.45) is 1.93. The van der Waals surface area contributed by atoms with Gasteiger partial charge in [-0.3, -0.25) is 9.78 Å². The van der Waals surface area contributed by atoms with E-state index in [1.807, 2.05) is 42.5 Å². The van der Waals surface area contributed by atoms with Crippen molar-refractivity contribution in [3.8, 4) is 11.8 Å². The first-order chi connectivity index (χ1) is 9.78. The van der Waals surface area contributed by atoms with Gasteiger partial charge in [0.1, 0.15) is 0 Å². The number of nitrogens with two attached hydrogens (primary N) is 1. The second-order valence-corrected chi connectivity index (χ2v) is 4.13. The van der Waals surface area contributed by atoms with Crippen molar-refractivity contribution in [2.24, 2.45) is 5.73 Å². The van der Waals surface area contributed by atoms with Crippen LogP contribution in [0, 0.1) is 11.8 Å². The van der Waals surface area contributed by atoms with E-state index in [0.717, 1.165) is 16.9 Å². The molecule has 2 aromatic rings. The van der Waals surface area contributed by atoms with Crippen molar-refractivity contribution in [3.05, 3.63) is 59.9 Å². The number of carbonyl (C=O) groups is 1. The molecule has 0 saturated carbocycles. The third kappa shape index (κ3) is 4.23. The van der Waals surface area contributed by atoms with E-state index in [1.165, 1.54) is 0 Å². The molecule has 20 heavy (non-hydrogen) atoms. The fourth-order valence-corrected chi connectivity index (χ4v) is 1.66. The van der Waals surface area contributed by atoms with Crippen LogP contribution >= 0.6 is 0 Å². The molecule has 0 radical (unpaired) electrons. The second-order valence-electron chi connectivity index (χ2n) is 4.13. The third-order valence-corrected chi connectivity index (χ3v) is 2.57. The van der Waals surface area contributed by atoms with Crippen LogP contribution in [-0.4, -0.2) is 17.4 Å². The molecular formula is C16H15N3O. The number of benzene rings is 1. The lowest BCUT2D eigenvalue weighted by Gasteiger charge is -2.04. The molecule has 0 atom stereocenters. The maximum Gasteiger partial charge on any atom is 0.230 e. The first kappa shape index (κ1) is 13.8. The molecule has 1 amide bonds. The number of amides is 1. The molecule has 0 aliphatic carbocycles. The molecule has 0 saturated heterocycles. The van der Waals surface area contributed by atoms with E-state index < -0.39 is 0 Å². The Labute approximate surface area is 118 Å². The minimum Gasteiger partial charge on any atom is -0.326 e. The first-order valence-electron chi connectivity index (χ1n) is 6.26. The van der Waals surface area contributed by atoms with Crippen LogP contribution in [-0.2, 0) is 11.2 Å². The predicted octanol–water partition coefficient (Wildman–Crippen LogP) is 1.57. The third-order valence-electron chi connectivity index (χ3n) is 2.57. The van der Waals surface area contributed by atoms with Gasteiger partial charge >= 0.3 is 0 Å². The molecule has 1 aromatic heterocycles. The van der Waals surface area contributed by atoms with Crippen LogP contribution in [0.3, 0.4) is 0 Å². The van der Waals surface area contributed by atoms with Crippen molar-refractivity contribution in [1.82, 2.24) is 4.98 Å². The van der Waals surface area contributed by atoms with Gasteiger partial charge in [0, 0.05) is 23.1 Å². The van der Waals surface area contributed by atoms with Gasteiger partial charge in [0.25, 0.3) is 0 Å². The molecule has 4 nitrogen and oxygen atoms in total. The van der Waals surface area contributed by atoms with Gasteiger partial charge in [-0.25, -0.2) is 0 Å². The quantitative estimate of drug-likeness (QED) is 0.828. The van der Waals surface area contributed by atoms with Crippen molar-refractivity contribution in [2.75, 3.05) is 11.9 Å². The lowest BCUT2D eigenvalue weighted by Crippen LogP contribution is -2.14. The summed E-state index contributed by atoms with van der Waals surface area (Å²) in [6.45, 7) is 0.336. The first-order valence-corrected chi connectivity index (χ1v) is 6.26. The Morgan fingerprint density at radius 1 is 1.20 bits per heavy atom. The van der Waals surface area contributed by atoms with Crippen molar-refractivity contribution in [1.29, 1.82) is 0 Å². The van der Waals surface area contributed by atoms with Gasteiger partial charge in [-0.2, -0.15) is 0 Å². The highest BCUT2D eigenvalue weighted by Gasteiger charge is 2.04. The van der Waals surface area contributed by atoms with Crippen LogP contribution < -0.4 is 11.1 Å². The number of aromatic nitrogens is 1. The van der Waals surface area contributed by atoms with Crippen LogP contribution in [0.15, 0.2) is 48.7 Å². The molecule has 0 aliphatic heterocycles. The smallest absolute Gasteiger partial charge is 0.230 e. The van der Waals surface area contributed by atoms with Crippen LogP contribution in [0.1, 0.15) is 11.3 Å². The van der Waals surface area contributed by atoms with E-state index in [-0.39, 0.29) is 12.3 Å². The minimum atomic E-state index is -0.0931. The van der Waals surface area contributed by atoms with E-state index >= 15 is 0 Å². The number of rotatable bonds is 3. The number of anilines is 1. The zero-order valence-corrected chi connectivity index (χ0v) is 11.0. The highest BCUT2D eigenvalue weighted by atomic mass is 16.1. The standard InChI is InChI=1S/C16H15N3O/c17-10-3-4-13-6-8-14(9-7-13)19-16(20)12-15-5-1-2-11-18-15/h1-2,5-9,11H,10,12,17H2,(H,19,20). The molecule has 0 bridgehead atoms. The lowest BCUT2D eigenvalue weighted by molar-refractivity contribution is -0.115. The fraction of sp³-hybridized carbons (Fsp3) is 0.125. The van der Waals surface area contributed by atoms with Gasteiger partial charge in [0.15, 0.2) is 0 Å². The monoisotopic (exact) mass is 265 g/mol. The number of nitrogens with zero attached hydrogens (tertiary/aromatic N) is 1. The molecule has 0 unspecified atom stereocenters. The van der Waals surface area contributed by atoms with Gasteiger partial charge in [-0.1, -0.05) is 17.9 Å². The van der Waals surface area contributed by atoms with Crippen molar-refractivity contribution < 1.29 is 4.79 Å². The molecule has 4 heteroatoms. The Hall–Kier alpha value is -2.64. The Kier molecular flexibility index (Phi) is 4.87. The molecule has 0 aliphatic rings. The molecular weight excluding hydrogens is 250 g/mol. The fourth-order valence-electron chi connectivity index (χ4n) is 1.66. The van der Waals surface area contributed by atoms with Gasteiger partial charge in [0.2, 0.25) is 5.91 Å². The summed E-state index contributed by atoms with van der Waals surface area (Å²) in [4.78, 5) is 16.0. The SMILES string of the molecule is NCC#Cc1ccc(NC(=O)Cc2ccccn2)cc1. The number of pyridine rings is 1. The molecule has 1 heterocycles. The zero-order valence-electron chi connectivity index (χ0n) is 11.0. The van der Waals surface area contributed by atoms with Crippen molar-refractivity contribution in [2.45, 2.75) is 6.42 Å². The average molecular weight is 265 g/mol. The molecule has 100 valence electrons. The maximum atomic E-state index is 11.8. The van der Waals surface area contributed by atoms with Crippen LogP contribution in [0.2, 0.25) is 0 Å². The van der Waals surface area contributed by atoms with E-state index in [1.54, 1.807) is 6.20 Å². The van der Waals surface area contributed by atoms with Crippen molar-refractivity contribution >= 4 is 11.6 Å². The van der Waals surface area contributed by atoms with Crippen LogP contribution in [0.4, 0.5) is 5.69 Å². The number of hydrogen-bond donors (Lipinski definition) is 2. The summed E-state index contributed by atoms with van der Waals surface area (Å²) in [5, 5.41) is 2.82. The summed E-state index contributed by atoms with van der Waals surface area (Å²) >= 11 is 0. The van der Waals surface area contributed by atoms with Crippen LogP contribution in [0.5, 0.6) is 0 Å². The normalized spacial score (nSPS) is 9.45. The van der Waals surface area contributed by atoms with Crippen molar-refractivity contribution in [3.63, 3.8) is 0 Å². The minimum absolute atomic E-state index is 0.0931. The topological polar surface area (TPSA) is 68.0 Å². The summed E-state index contributed by atoms with van der Waals surface area (Å²) in [5.41, 5.74) is 7.67. The van der Waals surface area contributed by atoms with Gasteiger partial charge in [-0.05, 0) is 36.4 Å².